The van der Waals surface area contributed by atoms with Crippen molar-refractivity contribution in [2.75, 3.05) is 32.4 Å². The number of nitrogens with two attached hydrogens (primary N) is 1. The lowest BCUT2D eigenvalue weighted by molar-refractivity contribution is 0.0940. The fourth-order valence-electron chi connectivity index (χ4n) is 2.50. The Hall–Kier alpha value is -1.06. The van der Waals surface area contributed by atoms with Gasteiger partial charge in [0.2, 0.25) is 0 Å². The van der Waals surface area contributed by atoms with Crippen molar-refractivity contribution >= 4 is 5.69 Å². The van der Waals surface area contributed by atoms with Crippen molar-refractivity contribution in [3.05, 3.63) is 29.3 Å². The van der Waals surface area contributed by atoms with Gasteiger partial charge in [-0.25, -0.2) is 0 Å². The summed E-state index contributed by atoms with van der Waals surface area (Å²) in [5.74, 6) is 0. The molecule has 0 bridgehead atoms. The molecule has 1 unspecified atom stereocenters. The number of nitrogens with zero attached hydrogens (tertiary/aromatic N) is 2. The van der Waals surface area contributed by atoms with Crippen LogP contribution in [0.4, 0.5) is 5.69 Å². The first kappa shape index (κ1) is 12.4. The van der Waals surface area contributed by atoms with Gasteiger partial charge in [0.1, 0.15) is 0 Å². The normalized spacial score (nSPS) is 22.9. The molecule has 0 saturated carbocycles. The highest BCUT2D eigenvalue weighted by molar-refractivity contribution is 5.48. The summed E-state index contributed by atoms with van der Waals surface area (Å²) in [4.78, 5) is 4.91. The zero-order valence-electron chi connectivity index (χ0n) is 11.1. The minimum atomic E-state index is 0.605. The summed E-state index contributed by atoms with van der Waals surface area (Å²) in [5.41, 5.74) is 9.51. The topological polar surface area (TPSA) is 32.5 Å². The molecule has 1 aromatic rings. The fourth-order valence-corrected chi connectivity index (χ4v) is 2.50. The van der Waals surface area contributed by atoms with Gasteiger partial charge < -0.3 is 10.6 Å². The molecule has 0 spiro atoms. The van der Waals surface area contributed by atoms with Crippen molar-refractivity contribution in [1.82, 2.24) is 9.80 Å². The van der Waals surface area contributed by atoms with Gasteiger partial charge in [0.25, 0.3) is 0 Å². The summed E-state index contributed by atoms with van der Waals surface area (Å²) in [7, 11) is 2.19. The van der Waals surface area contributed by atoms with E-state index >= 15 is 0 Å². The van der Waals surface area contributed by atoms with Crippen LogP contribution in [0, 0.1) is 6.92 Å². The van der Waals surface area contributed by atoms with Crippen LogP contribution in [-0.2, 0) is 6.54 Å². The smallest absolute Gasteiger partial charge is 0.0359 e. The van der Waals surface area contributed by atoms with Crippen LogP contribution in [0.2, 0.25) is 0 Å². The van der Waals surface area contributed by atoms with Gasteiger partial charge in [-0.1, -0.05) is 17.7 Å². The molecule has 2 N–H and O–H groups in total. The van der Waals surface area contributed by atoms with Crippen molar-refractivity contribution in [3.63, 3.8) is 0 Å². The highest BCUT2D eigenvalue weighted by atomic mass is 15.3. The predicted octanol–water partition coefficient (Wildman–Crippen LogP) is 1.71. The third kappa shape index (κ3) is 2.99. The number of benzene rings is 1. The minimum Gasteiger partial charge on any atom is -0.398 e. The molecule has 17 heavy (non-hydrogen) atoms. The largest absolute Gasteiger partial charge is 0.398 e. The molecular formula is C14H23N3. The van der Waals surface area contributed by atoms with E-state index in [9.17, 15) is 0 Å². The fraction of sp³-hybridized carbons (Fsp3) is 0.571. The van der Waals surface area contributed by atoms with Gasteiger partial charge in [-0.2, -0.15) is 0 Å². The Morgan fingerprint density at radius 3 is 2.82 bits per heavy atom. The van der Waals surface area contributed by atoms with E-state index < -0.39 is 0 Å². The van der Waals surface area contributed by atoms with Crippen molar-refractivity contribution in [1.29, 1.82) is 0 Å². The van der Waals surface area contributed by atoms with Crippen molar-refractivity contribution in [2.24, 2.45) is 0 Å². The third-order valence-electron chi connectivity index (χ3n) is 3.64. The molecule has 2 rings (SSSR count). The molecule has 1 saturated heterocycles. The Labute approximate surface area is 104 Å². The Balaban J connectivity index is 2.07. The summed E-state index contributed by atoms with van der Waals surface area (Å²) in [5, 5.41) is 0. The zero-order valence-corrected chi connectivity index (χ0v) is 11.1. The highest BCUT2D eigenvalue weighted by Gasteiger charge is 2.21. The van der Waals surface area contributed by atoms with E-state index in [0.717, 1.165) is 31.9 Å². The molecule has 1 atom stereocenters. The summed E-state index contributed by atoms with van der Waals surface area (Å²) < 4.78 is 0. The lowest BCUT2D eigenvalue weighted by atomic mass is 10.1. The summed E-state index contributed by atoms with van der Waals surface area (Å²) in [6.45, 7) is 8.81. The van der Waals surface area contributed by atoms with E-state index in [1.165, 1.54) is 11.1 Å². The Kier molecular flexibility index (Phi) is 3.69. The van der Waals surface area contributed by atoms with Gasteiger partial charge in [-0.15, -0.1) is 0 Å². The van der Waals surface area contributed by atoms with Crippen LogP contribution in [0.25, 0.3) is 0 Å². The van der Waals surface area contributed by atoms with E-state index in [1.54, 1.807) is 0 Å². The van der Waals surface area contributed by atoms with E-state index in [2.05, 4.69) is 42.8 Å². The first-order valence-electron chi connectivity index (χ1n) is 6.34. The third-order valence-corrected chi connectivity index (χ3v) is 3.64. The molecule has 0 aliphatic carbocycles. The van der Waals surface area contributed by atoms with Crippen LogP contribution < -0.4 is 5.73 Å². The van der Waals surface area contributed by atoms with Crippen LogP contribution >= 0.6 is 0 Å². The van der Waals surface area contributed by atoms with Gasteiger partial charge in [0.15, 0.2) is 0 Å². The van der Waals surface area contributed by atoms with E-state index in [4.69, 9.17) is 5.73 Å². The van der Waals surface area contributed by atoms with Gasteiger partial charge in [0, 0.05) is 37.9 Å². The van der Waals surface area contributed by atoms with Gasteiger partial charge >= 0.3 is 0 Å². The highest BCUT2D eigenvalue weighted by Crippen LogP contribution is 2.19. The van der Waals surface area contributed by atoms with E-state index in [1.807, 2.05) is 6.07 Å². The minimum absolute atomic E-state index is 0.605. The molecule has 0 aromatic heterocycles. The number of aryl methyl sites for hydroxylation is 1. The van der Waals surface area contributed by atoms with Crippen LogP contribution in [0.1, 0.15) is 18.1 Å². The molecule has 3 nitrogen and oxygen atoms in total. The first-order valence-corrected chi connectivity index (χ1v) is 6.34. The van der Waals surface area contributed by atoms with Crippen LogP contribution in [0.3, 0.4) is 0 Å². The number of hydrogen-bond acceptors (Lipinski definition) is 3. The number of piperazine rings is 1. The van der Waals surface area contributed by atoms with Crippen molar-refractivity contribution in [2.45, 2.75) is 26.4 Å². The molecule has 1 aliphatic heterocycles. The monoisotopic (exact) mass is 233 g/mol. The Bertz CT molecular complexity index is 389. The summed E-state index contributed by atoms with van der Waals surface area (Å²) in [6.07, 6.45) is 0. The molecule has 1 heterocycles. The zero-order chi connectivity index (χ0) is 12.4. The quantitative estimate of drug-likeness (QED) is 0.789. The number of likely N-dealkylation sites (N-methyl/N-ethyl adjacent to an activating group) is 1. The molecule has 0 amide bonds. The van der Waals surface area contributed by atoms with E-state index in [-0.39, 0.29) is 0 Å². The molecular weight excluding hydrogens is 210 g/mol. The molecule has 1 fully saturated rings. The van der Waals surface area contributed by atoms with Crippen LogP contribution in [-0.4, -0.2) is 42.5 Å². The average Bonchev–Trinajstić information content (AvgIpc) is 2.27. The Morgan fingerprint density at radius 2 is 2.12 bits per heavy atom. The van der Waals surface area contributed by atoms with Crippen molar-refractivity contribution < 1.29 is 0 Å². The second kappa shape index (κ2) is 5.07. The SMILES string of the molecule is Cc1ccc(N)c(CN2CCN(C)CC2C)c1. The number of anilines is 1. The van der Waals surface area contributed by atoms with Crippen LogP contribution in [0.5, 0.6) is 0 Å². The number of hydrogen-bond donors (Lipinski definition) is 1. The van der Waals surface area contributed by atoms with Gasteiger partial charge in [-0.3, -0.25) is 4.90 Å². The first-order chi connectivity index (χ1) is 8.06. The summed E-state index contributed by atoms with van der Waals surface area (Å²) in [6, 6.07) is 6.91. The number of nitrogen functional groups attached to an aromatic ring is 1. The van der Waals surface area contributed by atoms with Crippen molar-refractivity contribution in [3.8, 4) is 0 Å². The lowest BCUT2D eigenvalue weighted by Gasteiger charge is -2.38. The lowest BCUT2D eigenvalue weighted by Crippen LogP contribution is -2.49. The molecule has 0 radical (unpaired) electrons. The maximum Gasteiger partial charge on any atom is 0.0359 e. The number of rotatable bonds is 2. The maximum atomic E-state index is 6.04. The van der Waals surface area contributed by atoms with Crippen LogP contribution in [0.15, 0.2) is 18.2 Å². The van der Waals surface area contributed by atoms with Gasteiger partial charge in [-0.05, 0) is 32.5 Å². The standard InChI is InChI=1S/C14H23N3/c1-11-4-5-14(15)13(8-11)10-17-7-6-16(3)9-12(17)2/h4-5,8,12H,6-7,9-10,15H2,1-3H3. The van der Waals surface area contributed by atoms with E-state index in [0.29, 0.717) is 6.04 Å². The second-order valence-electron chi connectivity index (χ2n) is 5.28. The summed E-state index contributed by atoms with van der Waals surface area (Å²) >= 11 is 0. The second-order valence-corrected chi connectivity index (χ2v) is 5.28. The average molecular weight is 233 g/mol. The Morgan fingerprint density at radius 1 is 1.35 bits per heavy atom. The molecule has 94 valence electrons. The molecule has 3 heteroatoms. The molecule has 1 aromatic carbocycles. The predicted molar refractivity (Wildman–Crippen MR) is 73.0 cm³/mol. The molecule has 1 aliphatic rings. The van der Waals surface area contributed by atoms with Gasteiger partial charge in [0.05, 0.1) is 0 Å². The maximum absolute atomic E-state index is 6.04.